The van der Waals surface area contributed by atoms with Crippen LogP contribution in [0.5, 0.6) is 0 Å². The zero-order valence-electron chi connectivity index (χ0n) is 13.0. The van der Waals surface area contributed by atoms with Gasteiger partial charge in [0.15, 0.2) is 0 Å². The standard InChI is InChI=1S/C16H15ClFN3OS2/c1-16(2)6-11(14(23)21-16)20-13(22)12-7-19-15(24-12)8-3-9(17)5-10(18)4-8/h3-5,7,11H,6H2,1-2H3,(H,20,22)(H,21,23)/t11-/m1/s1. The summed E-state index contributed by atoms with van der Waals surface area (Å²) in [6.07, 6.45) is 2.20. The fraction of sp³-hybridized carbons (Fsp3) is 0.312. The Morgan fingerprint density at radius 2 is 2.25 bits per heavy atom. The third-order valence-electron chi connectivity index (χ3n) is 3.64. The number of hydrogen-bond donors (Lipinski definition) is 2. The SMILES string of the molecule is CC1(C)C[C@@H](NC(=O)c2cnc(-c3cc(F)cc(Cl)c3)s2)C(=S)N1. The van der Waals surface area contributed by atoms with Gasteiger partial charge in [-0.25, -0.2) is 9.37 Å². The van der Waals surface area contributed by atoms with Crippen LogP contribution in [0.25, 0.3) is 10.6 Å². The van der Waals surface area contributed by atoms with Gasteiger partial charge in [-0.1, -0.05) is 23.8 Å². The molecule has 0 spiro atoms. The number of amides is 1. The van der Waals surface area contributed by atoms with Crippen molar-refractivity contribution in [2.24, 2.45) is 0 Å². The predicted octanol–water partition coefficient (Wildman–Crippen LogP) is 3.80. The summed E-state index contributed by atoms with van der Waals surface area (Å²) < 4.78 is 13.5. The molecule has 2 N–H and O–H groups in total. The van der Waals surface area contributed by atoms with E-state index in [2.05, 4.69) is 15.6 Å². The number of thiocarbonyl (C=S) groups is 1. The third kappa shape index (κ3) is 3.74. The molecule has 24 heavy (non-hydrogen) atoms. The van der Waals surface area contributed by atoms with E-state index >= 15 is 0 Å². The summed E-state index contributed by atoms with van der Waals surface area (Å²) in [5, 5.41) is 6.93. The molecule has 0 unspecified atom stereocenters. The van der Waals surface area contributed by atoms with Gasteiger partial charge in [0.1, 0.15) is 15.7 Å². The summed E-state index contributed by atoms with van der Waals surface area (Å²) in [4.78, 5) is 17.7. The molecule has 2 heterocycles. The lowest BCUT2D eigenvalue weighted by molar-refractivity contribution is 0.0950. The lowest BCUT2D eigenvalue weighted by Crippen LogP contribution is -2.39. The molecule has 0 radical (unpaired) electrons. The summed E-state index contributed by atoms with van der Waals surface area (Å²) in [7, 11) is 0. The van der Waals surface area contributed by atoms with Crippen molar-refractivity contribution in [3.05, 3.63) is 40.1 Å². The Balaban J connectivity index is 1.76. The molecule has 0 bridgehead atoms. The van der Waals surface area contributed by atoms with Crippen molar-refractivity contribution in [1.82, 2.24) is 15.6 Å². The molecule has 1 aromatic heterocycles. The largest absolute Gasteiger partial charge is 0.373 e. The number of thiazole rings is 1. The molecule has 1 fully saturated rings. The second-order valence-corrected chi connectivity index (χ2v) is 8.20. The Bertz CT molecular complexity index is 801. The topological polar surface area (TPSA) is 54.0 Å². The first kappa shape index (κ1) is 17.3. The summed E-state index contributed by atoms with van der Waals surface area (Å²) >= 11 is 12.3. The van der Waals surface area contributed by atoms with E-state index in [1.807, 2.05) is 13.8 Å². The van der Waals surface area contributed by atoms with Crippen LogP contribution in [0, 0.1) is 5.82 Å². The smallest absolute Gasteiger partial charge is 0.263 e. The first-order chi connectivity index (χ1) is 11.2. The van der Waals surface area contributed by atoms with Crippen molar-refractivity contribution >= 4 is 46.1 Å². The summed E-state index contributed by atoms with van der Waals surface area (Å²) in [6.45, 7) is 4.06. The van der Waals surface area contributed by atoms with Gasteiger partial charge in [0, 0.05) is 16.1 Å². The van der Waals surface area contributed by atoms with E-state index in [-0.39, 0.29) is 22.5 Å². The van der Waals surface area contributed by atoms with E-state index in [1.165, 1.54) is 29.7 Å². The number of nitrogens with zero attached hydrogens (tertiary/aromatic N) is 1. The van der Waals surface area contributed by atoms with Gasteiger partial charge >= 0.3 is 0 Å². The van der Waals surface area contributed by atoms with Crippen molar-refractivity contribution in [2.75, 3.05) is 0 Å². The van der Waals surface area contributed by atoms with Crippen LogP contribution >= 0.6 is 35.2 Å². The fourth-order valence-electron chi connectivity index (χ4n) is 2.61. The molecule has 0 aliphatic carbocycles. The zero-order valence-corrected chi connectivity index (χ0v) is 15.4. The van der Waals surface area contributed by atoms with Gasteiger partial charge in [0.25, 0.3) is 5.91 Å². The Labute approximate surface area is 153 Å². The molecule has 0 saturated carbocycles. The Kier molecular flexibility index (Phi) is 4.59. The lowest BCUT2D eigenvalue weighted by atomic mass is 10.0. The molecular formula is C16H15ClFN3OS2. The average molecular weight is 384 g/mol. The maximum absolute atomic E-state index is 13.5. The maximum atomic E-state index is 13.5. The number of aromatic nitrogens is 1. The van der Waals surface area contributed by atoms with Crippen LogP contribution in [-0.2, 0) is 0 Å². The molecule has 1 amide bonds. The quantitative estimate of drug-likeness (QED) is 0.791. The van der Waals surface area contributed by atoms with Gasteiger partial charge in [-0.2, -0.15) is 0 Å². The predicted molar refractivity (Wildman–Crippen MR) is 98.2 cm³/mol. The van der Waals surface area contributed by atoms with Crippen LogP contribution < -0.4 is 10.6 Å². The second kappa shape index (κ2) is 6.38. The van der Waals surface area contributed by atoms with Gasteiger partial charge in [-0.15, -0.1) is 11.3 Å². The molecule has 126 valence electrons. The summed E-state index contributed by atoms with van der Waals surface area (Å²) in [5.74, 6) is -0.684. The monoisotopic (exact) mass is 383 g/mol. The molecule has 3 rings (SSSR count). The molecule has 2 aromatic rings. The lowest BCUT2D eigenvalue weighted by Gasteiger charge is -2.16. The number of nitrogens with one attached hydrogen (secondary N) is 2. The van der Waals surface area contributed by atoms with Gasteiger partial charge in [0.2, 0.25) is 0 Å². The van der Waals surface area contributed by atoms with E-state index in [4.69, 9.17) is 23.8 Å². The van der Waals surface area contributed by atoms with Crippen molar-refractivity contribution in [2.45, 2.75) is 31.8 Å². The van der Waals surface area contributed by atoms with Crippen LogP contribution in [0.4, 0.5) is 4.39 Å². The number of rotatable bonds is 3. The minimum Gasteiger partial charge on any atom is -0.373 e. The first-order valence-corrected chi connectivity index (χ1v) is 8.89. The third-order valence-corrected chi connectivity index (χ3v) is 5.29. The van der Waals surface area contributed by atoms with Crippen LogP contribution in [0.15, 0.2) is 24.4 Å². The molecule has 4 nitrogen and oxygen atoms in total. The van der Waals surface area contributed by atoms with Crippen molar-refractivity contribution in [3.8, 4) is 10.6 Å². The molecule has 1 aliphatic rings. The van der Waals surface area contributed by atoms with Crippen molar-refractivity contribution < 1.29 is 9.18 Å². The van der Waals surface area contributed by atoms with Crippen LogP contribution in [-0.4, -0.2) is 27.5 Å². The number of carbonyl (C=O) groups is 1. The van der Waals surface area contributed by atoms with Gasteiger partial charge < -0.3 is 10.6 Å². The average Bonchev–Trinajstić information content (AvgIpc) is 3.03. The molecule has 1 aliphatic heterocycles. The molecule has 1 saturated heterocycles. The van der Waals surface area contributed by atoms with E-state index < -0.39 is 5.82 Å². The van der Waals surface area contributed by atoms with Crippen LogP contribution in [0.1, 0.15) is 29.9 Å². The highest BCUT2D eigenvalue weighted by Crippen LogP contribution is 2.28. The van der Waals surface area contributed by atoms with Crippen molar-refractivity contribution in [1.29, 1.82) is 0 Å². The van der Waals surface area contributed by atoms with E-state index in [0.29, 0.717) is 20.4 Å². The Morgan fingerprint density at radius 3 is 2.88 bits per heavy atom. The van der Waals surface area contributed by atoms with Gasteiger partial charge in [-0.3, -0.25) is 4.79 Å². The highest BCUT2D eigenvalue weighted by atomic mass is 35.5. The number of hydrogen-bond acceptors (Lipinski definition) is 4. The van der Waals surface area contributed by atoms with Crippen molar-refractivity contribution in [3.63, 3.8) is 0 Å². The molecule has 1 atom stereocenters. The Morgan fingerprint density at radius 1 is 1.50 bits per heavy atom. The number of benzene rings is 1. The van der Waals surface area contributed by atoms with E-state index in [9.17, 15) is 9.18 Å². The fourth-order valence-corrected chi connectivity index (χ4v) is 4.06. The van der Waals surface area contributed by atoms with E-state index in [0.717, 1.165) is 6.42 Å². The van der Waals surface area contributed by atoms with E-state index in [1.54, 1.807) is 6.07 Å². The maximum Gasteiger partial charge on any atom is 0.263 e. The molecule has 8 heteroatoms. The van der Waals surface area contributed by atoms with Crippen LogP contribution in [0.2, 0.25) is 5.02 Å². The zero-order chi connectivity index (χ0) is 17.5. The molecule has 1 aromatic carbocycles. The number of carbonyl (C=O) groups excluding carboxylic acids is 1. The van der Waals surface area contributed by atoms with Gasteiger partial charge in [0.05, 0.1) is 17.2 Å². The summed E-state index contributed by atoms with van der Waals surface area (Å²) in [6, 6.07) is 3.98. The number of halogens is 2. The highest BCUT2D eigenvalue weighted by Gasteiger charge is 2.35. The molecular weight excluding hydrogens is 369 g/mol. The Hall–Kier alpha value is -1.57. The minimum absolute atomic E-state index is 0.133. The second-order valence-electron chi connectivity index (χ2n) is 6.29. The van der Waals surface area contributed by atoms with Gasteiger partial charge in [-0.05, 0) is 38.5 Å². The highest BCUT2D eigenvalue weighted by molar-refractivity contribution is 7.80. The minimum atomic E-state index is -0.441. The summed E-state index contributed by atoms with van der Waals surface area (Å²) in [5.41, 5.74) is 0.412. The normalized spacial score (nSPS) is 19.2. The first-order valence-electron chi connectivity index (χ1n) is 7.29. The van der Waals surface area contributed by atoms with Crippen LogP contribution in [0.3, 0.4) is 0 Å².